The molecule has 0 spiro atoms. The van der Waals surface area contributed by atoms with Gasteiger partial charge in [-0.05, 0) is 37.5 Å². The van der Waals surface area contributed by atoms with Crippen molar-refractivity contribution in [3.8, 4) is 0 Å². The van der Waals surface area contributed by atoms with E-state index in [1.807, 2.05) is 13.8 Å². The van der Waals surface area contributed by atoms with E-state index in [0.29, 0.717) is 0 Å². The van der Waals surface area contributed by atoms with Crippen molar-refractivity contribution < 1.29 is 13.6 Å². The van der Waals surface area contributed by atoms with Crippen LogP contribution in [-0.2, 0) is 0 Å². The molecule has 0 aliphatic carbocycles. The number of hydrogen-bond donors (Lipinski definition) is 1. The Balaban J connectivity index is 2.06. The molecule has 2 aromatic rings. The van der Waals surface area contributed by atoms with Gasteiger partial charge in [-0.15, -0.1) is 16.4 Å². The molecule has 0 aliphatic rings. The highest BCUT2D eigenvalue weighted by Crippen LogP contribution is 2.27. The summed E-state index contributed by atoms with van der Waals surface area (Å²) in [6.07, 6.45) is -2.54. The number of alkyl halides is 2. The maximum absolute atomic E-state index is 12.4. The summed E-state index contributed by atoms with van der Waals surface area (Å²) in [6, 6.07) is 2.44. The van der Waals surface area contributed by atoms with Gasteiger partial charge in [0.15, 0.2) is 0 Å². The van der Waals surface area contributed by atoms with E-state index >= 15 is 0 Å². The molecule has 0 aliphatic heterocycles. The van der Waals surface area contributed by atoms with Crippen LogP contribution in [0.25, 0.3) is 0 Å². The van der Waals surface area contributed by atoms with Gasteiger partial charge in [0.2, 0.25) is 0 Å². The highest BCUT2D eigenvalue weighted by Gasteiger charge is 2.18. The van der Waals surface area contributed by atoms with E-state index in [0.717, 1.165) is 21.9 Å². The first-order valence-electron chi connectivity index (χ1n) is 5.46. The molecule has 2 heterocycles. The smallest absolute Gasteiger partial charge is 0.272 e. The molecule has 0 fully saturated rings. The van der Waals surface area contributed by atoms with Crippen LogP contribution in [0.3, 0.4) is 0 Å². The second-order valence-corrected chi connectivity index (χ2v) is 5.82. The van der Waals surface area contributed by atoms with E-state index in [1.165, 1.54) is 23.7 Å². The molecule has 0 aromatic carbocycles. The average Bonchev–Trinajstić information content (AvgIpc) is 2.96. The summed E-state index contributed by atoms with van der Waals surface area (Å²) in [5, 5.41) is 6.61. The molecule has 1 atom stereocenters. The SMILES string of the molecule is Cc1nnsc1C(C)NC(=O)c1ccc(C(F)F)s1. The number of hydrogen-bond acceptors (Lipinski definition) is 5. The summed E-state index contributed by atoms with van der Waals surface area (Å²) < 4.78 is 28.7. The molecular formula is C11H11F2N3OS2. The van der Waals surface area contributed by atoms with E-state index in [9.17, 15) is 13.6 Å². The Morgan fingerprint density at radius 2 is 2.16 bits per heavy atom. The van der Waals surface area contributed by atoms with Crippen LogP contribution in [0.5, 0.6) is 0 Å². The van der Waals surface area contributed by atoms with Crippen molar-refractivity contribution in [1.82, 2.24) is 14.9 Å². The summed E-state index contributed by atoms with van der Waals surface area (Å²) in [7, 11) is 0. The molecule has 4 nitrogen and oxygen atoms in total. The third kappa shape index (κ3) is 3.13. The quantitative estimate of drug-likeness (QED) is 0.942. The average molecular weight is 303 g/mol. The molecule has 2 rings (SSSR count). The molecule has 0 saturated heterocycles. The van der Waals surface area contributed by atoms with Gasteiger partial charge in [-0.3, -0.25) is 4.79 Å². The molecule has 0 bridgehead atoms. The van der Waals surface area contributed by atoms with Crippen LogP contribution >= 0.6 is 22.9 Å². The van der Waals surface area contributed by atoms with Crippen molar-refractivity contribution in [2.24, 2.45) is 0 Å². The van der Waals surface area contributed by atoms with E-state index in [4.69, 9.17) is 0 Å². The van der Waals surface area contributed by atoms with Crippen LogP contribution in [-0.4, -0.2) is 15.5 Å². The van der Waals surface area contributed by atoms with Crippen LogP contribution in [0, 0.1) is 6.92 Å². The van der Waals surface area contributed by atoms with Crippen LogP contribution in [0.1, 0.15) is 44.5 Å². The van der Waals surface area contributed by atoms with Gasteiger partial charge in [-0.2, -0.15) is 0 Å². The predicted molar refractivity (Wildman–Crippen MR) is 69.8 cm³/mol. The number of rotatable bonds is 4. The predicted octanol–water partition coefficient (Wildman–Crippen LogP) is 3.34. The molecule has 8 heteroatoms. The number of nitrogens with zero attached hydrogens (tertiary/aromatic N) is 2. The third-order valence-electron chi connectivity index (χ3n) is 2.49. The van der Waals surface area contributed by atoms with Crippen molar-refractivity contribution in [2.75, 3.05) is 0 Å². The number of aryl methyl sites for hydroxylation is 1. The third-order valence-corrected chi connectivity index (χ3v) is 4.59. The molecule has 1 N–H and O–H groups in total. The summed E-state index contributed by atoms with van der Waals surface area (Å²) in [4.78, 5) is 12.9. The minimum atomic E-state index is -2.54. The van der Waals surface area contributed by atoms with E-state index in [1.54, 1.807) is 0 Å². The monoisotopic (exact) mass is 303 g/mol. The Kier molecular flexibility index (Phi) is 4.20. The number of carbonyl (C=O) groups excluding carboxylic acids is 1. The Morgan fingerprint density at radius 3 is 2.68 bits per heavy atom. The molecule has 19 heavy (non-hydrogen) atoms. The zero-order valence-corrected chi connectivity index (χ0v) is 11.8. The fraction of sp³-hybridized carbons (Fsp3) is 0.364. The van der Waals surface area contributed by atoms with Crippen LogP contribution in [0.2, 0.25) is 0 Å². The second kappa shape index (κ2) is 5.70. The summed E-state index contributed by atoms with van der Waals surface area (Å²) in [6.45, 7) is 3.61. The van der Waals surface area contributed by atoms with Gasteiger partial charge in [-0.25, -0.2) is 8.78 Å². The topological polar surface area (TPSA) is 54.9 Å². The van der Waals surface area contributed by atoms with Crippen molar-refractivity contribution in [2.45, 2.75) is 26.3 Å². The molecule has 1 amide bonds. The lowest BCUT2D eigenvalue weighted by atomic mass is 10.2. The fourth-order valence-electron chi connectivity index (χ4n) is 1.56. The number of halogens is 2. The second-order valence-electron chi connectivity index (χ2n) is 3.92. The van der Waals surface area contributed by atoms with Crippen LogP contribution < -0.4 is 5.32 Å². The number of amides is 1. The largest absolute Gasteiger partial charge is 0.344 e. The number of aromatic nitrogens is 2. The van der Waals surface area contributed by atoms with Crippen LogP contribution in [0.4, 0.5) is 8.78 Å². The first kappa shape index (κ1) is 14.0. The summed E-state index contributed by atoms with van der Waals surface area (Å²) in [5.41, 5.74) is 0.761. The molecule has 102 valence electrons. The number of carbonyl (C=O) groups is 1. The van der Waals surface area contributed by atoms with E-state index in [-0.39, 0.29) is 21.7 Å². The van der Waals surface area contributed by atoms with Gasteiger partial charge >= 0.3 is 0 Å². The number of thiophene rings is 1. The van der Waals surface area contributed by atoms with Crippen LogP contribution in [0.15, 0.2) is 12.1 Å². The van der Waals surface area contributed by atoms with Crippen molar-refractivity contribution >= 4 is 28.8 Å². The standard InChI is InChI=1S/C11H11F2N3OS2/c1-5(9-6(2)15-16-19-9)14-11(17)8-4-3-7(18-8)10(12)13/h3-5,10H,1-2H3,(H,14,17). The molecule has 1 unspecified atom stereocenters. The maximum Gasteiger partial charge on any atom is 0.272 e. The normalized spacial score (nSPS) is 12.7. The Morgan fingerprint density at radius 1 is 1.42 bits per heavy atom. The van der Waals surface area contributed by atoms with Crippen molar-refractivity contribution in [1.29, 1.82) is 0 Å². The van der Waals surface area contributed by atoms with Crippen molar-refractivity contribution in [3.05, 3.63) is 32.5 Å². The van der Waals surface area contributed by atoms with Gasteiger partial charge in [0.25, 0.3) is 12.3 Å². The lowest BCUT2D eigenvalue weighted by Crippen LogP contribution is -2.25. The molecule has 0 radical (unpaired) electrons. The lowest BCUT2D eigenvalue weighted by Gasteiger charge is -2.11. The van der Waals surface area contributed by atoms with E-state index in [2.05, 4.69) is 14.9 Å². The minimum absolute atomic E-state index is 0.103. The Hall–Kier alpha value is -1.41. The zero-order chi connectivity index (χ0) is 14.0. The van der Waals surface area contributed by atoms with Gasteiger partial charge in [0.1, 0.15) is 0 Å². The summed E-state index contributed by atoms with van der Waals surface area (Å²) in [5.74, 6) is -0.364. The molecule has 2 aromatic heterocycles. The Bertz CT molecular complexity index is 582. The summed E-state index contributed by atoms with van der Waals surface area (Å²) >= 11 is 2.02. The van der Waals surface area contributed by atoms with Gasteiger partial charge in [-0.1, -0.05) is 4.49 Å². The van der Waals surface area contributed by atoms with Crippen molar-refractivity contribution in [3.63, 3.8) is 0 Å². The van der Waals surface area contributed by atoms with Gasteiger partial charge in [0.05, 0.1) is 26.4 Å². The maximum atomic E-state index is 12.4. The first-order valence-corrected chi connectivity index (χ1v) is 7.05. The highest BCUT2D eigenvalue weighted by atomic mass is 32.1. The fourth-order valence-corrected chi connectivity index (χ4v) is 2.97. The Labute approximate surface area is 116 Å². The first-order chi connectivity index (χ1) is 8.99. The number of nitrogens with one attached hydrogen (secondary N) is 1. The van der Waals surface area contributed by atoms with E-state index < -0.39 is 6.43 Å². The van der Waals surface area contributed by atoms with Gasteiger partial charge < -0.3 is 5.32 Å². The highest BCUT2D eigenvalue weighted by molar-refractivity contribution is 7.14. The minimum Gasteiger partial charge on any atom is -0.344 e. The molecular weight excluding hydrogens is 292 g/mol. The zero-order valence-electron chi connectivity index (χ0n) is 10.2. The lowest BCUT2D eigenvalue weighted by molar-refractivity contribution is 0.0944. The van der Waals surface area contributed by atoms with Gasteiger partial charge in [0, 0.05) is 0 Å². The molecule has 0 saturated carbocycles.